The summed E-state index contributed by atoms with van der Waals surface area (Å²) in [6, 6.07) is 1.40. The van der Waals surface area contributed by atoms with E-state index in [0.717, 1.165) is 12.8 Å². The molecule has 1 N–H and O–H groups in total. The summed E-state index contributed by atoms with van der Waals surface area (Å²) in [5.41, 5.74) is -0.323. The van der Waals surface area contributed by atoms with Gasteiger partial charge in [0.15, 0.2) is 11.0 Å². The van der Waals surface area contributed by atoms with Gasteiger partial charge >= 0.3 is 6.09 Å². The van der Waals surface area contributed by atoms with Crippen molar-refractivity contribution in [3.63, 3.8) is 0 Å². The zero-order valence-electron chi connectivity index (χ0n) is 16.0. The molecule has 4 rings (SSSR count). The number of hydrogen-bond acceptors (Lipinski definition) is 5. The third kappa shape index (κ3) is 3.30. The maximum atomic E-state index is 14.4. The number of amides is 1. The quantitative estimate of drug-likeness (QED) is 0.732. The fraction of sp³-hybridized carbons (Fsp3) is 0.526. The fourth-order valence-electron chi connectivity index (χ4n) is 4.12. The smallest absolute Gasteiger partial charge is 0.410 e. The number of carbonyl (C=O) groups is 1. The number of halogens is 2. The van der Waals surface area contributed by atoms with Gasteiger partial charge in [-0.25, -0.2) is 14.2 Å². The van der Waals surface area contributed by atoms with E-state index in [9.17, 15) is 14.0 Å². The van der Waals surface area contributed by atoms with Crippen LogP contribution in [0.5, 0.6) is 0 Å². The number of pyridine rings is 2. The molecule has 28 heavy (non-hydrogen) atoms. The average Bonchev–Trinajstić information content (AvgIpc) is 2.87. The zero-order valence-corrected chi connectivity index (χ0v) is 16.7. The molecule has 0 saturated carbocycles. The highest BCUT2D eigenvalue weighted by Gasteiger charge is 2.44. The number of aromatic amines is 1. The van der Waals surface area contributed by atoms with Gasteiger partial charge in [0.1, 0.15) is 5.60 Å². The lowest BCUT2D eigenvalue weighted by Crippen LogP contribution is -2.57. The van der Waals surface area contributed by atoms with Gasteiger partial charge < -0.3 is 14.6 Å². The van der Waals surface area contributed by atoms with Crippen molar-refractivity contribution in [2.45, 2.75) is 51.3 Å². The first-order valence-electron chi connectivity index (χ1n) is 9.27. The predicted molar refractivity (Wildman–Crippen MR) is 104 cm³/mol. The number of carbonyl (C=O) groups excluding carboxylic acids is 1. The molecule has 2 unspecified atom stereocenters. The molecule has 0 radical (unpaired) electrons. The van der Waals surface area contributed by atoms with Gasteiger partial charge in [0.25, 0.3) is 5.56 Å². The van der Waals surface area contributed by atoms with E-state index >= 15 is 0 Å². The van der Waals surface area contributed by atoms with E-state index in [4.69, 9.17) is 16.3 Å². The topological polar surface area (TPSA) is 78.5 Å². The Morgan fingerprint density at radius 1 is 1.32 bits per heavy atom. The highest BCUT2D eigenvalue weighted by atomic mass is 35.5. The molecule has 0 spiro atoms. The summed E-state index contributed by atoms with van der Waals surface area (Å²) in [7, 11) is 0. The number of rotatable bonds is 1. The number of H-pyrrole nitrogens is 1. The molecule has 2 aromatic heterocycles. The number of piperazine rings is 1. The number of fused-ring (bicyclic) bond motifs is 3. The van der Waals surface area contributed by atoms with Crippen LogP contribution in [0.15, 0.2) is 17.1 Å². The van der Waals surface area contributed by atoms with Crippen LogP contribution >= 0.6 is 11.6 Å². The van der Waals surface area contributed by atoms with Gasteiger partial charge in [0.05, 0.1) is 23.3 Å². The summed E-state index contributed by atoms with van der Waals surface area (Å²) in [5.74, 6) is -0.742. The summed E-state index contributed by atoms with van der Waals surface area (Å²) < 4.78 is 19.9. The first-order chi connectivity index (χ1) is 13.1. The molecular weight excluding hydrogens is 387 g/mol. The highest BCUT2D eigenvalue weighted by Crippen LogP contribution is 2.36. The van der Waals surface area contributed by atoms with E-state index in [1.807, 2.05) is 30.6 Å². The molecule has 2 atom stereocenters. The first kappa shape index (κ1) is 19.0. The molecule has 7 nitrogen and oxygen atoms in total. The highest BCUT2D eigenvalue weighted by molar-refractivity contribution is 6.30. The molecule has 0 aliphatic carbocycles. The Bertz CT molecular complexity index is 989. The van der Waals surface area contributed by atoms with Gasteiger partial charge in [-0.15, -0.1) is 0 Å². The van der Waals surface area contributed by atoms with E-state index in [1.54, 1.807) is 0 Å². The Balaban J connectivity index is 1.66. The summed E-state index contributed by atoms with van der Waals surface area (Å²) >= 11 is 5.76. The van der Waals surface area contributed by atoms with Crippen LogP contribution in [-0.4, -0.2) is 51.7 Å². The molecule has 9 heteroatoms. The zero-order chi connectivity index (χ0) is 20.2. The van der Waals surface area contributed by atoms with Crippen LogP contribution in [-0.2, 0) is 4.74 Å². The molecule has 2 bridgehead atoms. The van der Waals surface area contributed by atoms with E-state index in [1.165, 1.54) is 12.3 Å². The number of nitrogens with one attached hydrogen (secondary N) is 1. The van der Waals surface area contributed by atoms with Gasteiger partial charge in [0.2, 0.25) is 0 Å². The van der Waals surface area contributed by atoms with Crippen molar-refractivity contribution in [1.29, 1.82) is 0 Å². The summed E-state index contributed by atoms with van der Waals surface area (Å²) in [6.07, 6.45) is 2.88. The van der Waals surface area contributed by atoms with Crippen LogP contribution < -0.4 is 10.5 Å². The van der Waals surface area contributed by atoms with E-state index in [-0.39, 0.29) is 28.8 Å². The normalized spacial score (nSPS) is 22.0. The standard InChI is InChI=1S/C19H22ClFN4O3/c1-19(2,3)28-18(27)25-10-4-5-11(25)9-24(8-10)13-6-14(26)23-16-12(13)7-22-17(20)15(16)21/h6-7,10-11H,4-5,8-9H2,1-3H3,(H,23,26). The third-order valence-corrected chi connectivity index (χ3v) is 5.46. The molecule has 2 aliphatic heterocycles. The summed E-state index contributed by atoms with van der Waals surface area (Å²) in [6.45, 7) is 6.62. The Morgan fingerprint density at radius 2 is 1.96 bits per heavy atom. The predicted octanol–water partition coefficient (Wildman–Crippen LogP) is 3.30. The monoisotopic (exact) mass is 408 g/mol. The van der Waals surface area contributed by atoms with Crippen LogP contribution in [0.1, 0.15) is 33.6 Å². The molecule has 0 aromatic carbocycles. The lowest BCUT2D eigenvalue weighted by atomic mass is 10.1. The molecule has 2 aliphatic rings. The Morgan fingerprint density at radius 3 is 2.57 bits per heavy atom. The maximum Gasteiger partial charge on any atom is 0.410 e. The Kier molecular flexibility index (Phi) is 4.49. The van der Waals surface area contributed by atoms with Crippen molar-refractivity contribution in [3.8, 4) is 0 Å². The van der Waals surface area contributed by atoms with Crippen LogP contribution in [0.3, 0.4) is 0 Å². The average molecular weight is 409 g/mol. The lowest BCUT2D eigenvalue weighted by molar-refractivity contribution is 0.0123. The molecule has 150 valence electrons. The Hall–Kier alpha value is -2.35. The van der Waals surface area contributed by atoms with Gasteiger partial charge in [-0.05, 0) is 33.6 Å². The van der Waals surface area contributed by atoms with Gasteiger partial charge in [-0.1, -0.05) is 11.6 Å². The summed E-state index contributed by atoms with van der Waals surface area (Å²) in [4.78, 5) is 35.0. The van der Waals surface area contributed by atoms with Crippen molar-refractivity contribution in [3.05, 3.63) is 33.6 Å². The second kappa shape index (κ2) is 6.62. The van der Waals surface area contributed by atoms with Crippen LogP contribution in [0.25, 0.3) is 10.9 Å². The van der Waals surface area contributed by atoms with Crippen molar-refractivity contribution in [1.82, 2.24) is 14.9 Å². The van der Waals surface area contributed by atoms with Crippen LogP contribution in [0.4, 0.5) is 14.9 Å². The van der Waals surface area contributed by atoms with Crippen molar-refractivity contribution in [2.24, 2.45) is 0 Å². The molecule has 4 heterocycles. The van der Waals surface area contributed by atoms with Crippen molar-refractivity contribution in [2.75, 3.05) is 18.0 Å². The molecular formula is C19H22ClFN4O3. The van der Waals surface area contributed by atoms with E-state index < -0.39 is 17.0 Å². The maximum absolute atomic E-state index is 14.4. The van der Waals surface area contributed by atoms with Crippen LogP contribution in [0, 0.1) is 5.82 Å². The van der Waals surface area contributed by atoms with Crippen LogP contribution in [0.2, 0.25) is 5.15 Å². The second-order valence-electron chi connectivity index (χ2n) is 8.35. The number of hydrogen-bond donors (Lipinski definition) is 1. The first-order valence-corrected chi connectivity index (χ1v) is 9.65. The number of anilines is 1. The Labute approximate surface area is 166 Å². The van der Waals surface area contributed by atoms with Gasteiger partial charge in [0, 0.05) is 30.7 Å². The second-order valence-corrected chi connectivity index (χ2v) is 8.71. The van der Waals surface area contributed by atoms with Gasteiger partial charge in [-0.3, -0.25) is 9.69 Å². The number of nitrogens with zero attached hydrogens (tertiary/aromatic N) is 3. The minimum Gasteiger partial charge on any atom is -0.444 e. The molecule has 2 aromatic rings. The number of ether oxygens (including phenoxy) is 1. The minimum atomic E-state index is -0.742. The molecule has 1 amide bonds. The lowest BCUT2D eigenvalue weighted by Gasteiger charge is -2.42. The summed E-state index contributed by atoms with van der Waals surface area (Å²) in [5, 5.41) is 0.210. The minimum absolute atomic E-state index is 0.0203. The third-order valence-electron chi connectivity index (χ3n) is 5.20. The van der Waals surface area contributed by atoms with E-state index in [2.05, 4.69) is 9.97 Å². The largest absolute Gasteiger partial charge is 0.444 e. The van der Waals surface area contributed by atoms with Crippen molar-refractivity contribution >= 4 is 34.3 Å². The molecule has 2 saturated heterocycles. The van der Waals surface area contributed by atoms with Crippen molar-refractivity contribution < 1.29 is 13.9 Å². The van der Waals surface area contributed by atoms with Gasteiger partial charge in [-0.2, -0.15) is 0 Å². The SMILES string of the molecule is CC(C)(C)OC(=O)N1C2CCC1CN(c1cc(=O)[nH]c3c(F)c(Cl)ncc13)C2. The van der Waals surface area contributed by atoms with E-state index in [0.29, 0.717) is 24.2 Å². The fourth-order valence-corrected chi connectivity index (χ4v) is 4.26. The molecule has 2 fully saturated rings. The number of aromatic nitrogens is 2.